The van der Waals surface area contributed by atoms with Gasteiger partial charge in [-0.25, -0.2) is 4.68 Å². The Morgan fingerprint density at radius 1 is 1.07 bits per heavy atom. The van der Waals surface area contributed by atoms with Gasteiger partial charge in [0.15, 0.2) is 0 Å². The molecule has 0 aliphatic heterocycles. The van der Waals surface area contributed by atoms with E-state index in [1.54, 1.807) is 6.20 Å². The Hall–Kier alpha value is -3.08. The van der Waals surface area contributed by atoms with Gasteiger partial charge in [-0.15, -0.1) is 0 Å². The molecule has 140 valence electrons. The van der Waals surface area contributed by atoms with E-state index in [0.717, 1.165) is 17.1 Å². The van der Waals surface area contributed by atoms with Crippen LogP contribution in [-0.4, -0.2) is 29.8 Å². The molecule has 1 N–H and O–H groups in total. The smallest absolute Gasteiger partial charge is 0.226 e. The zero-order valence-electron chi connectivity index (χ0n) is 16.1. The number of carbonyl (C=O) groups excluding carboxylic acids is 1. The summed E-state index contributed by atoms with van der Waals surface area (Å²) in [5.41, 5.74) is 3.46. The van der Waals surface area contributed by atoms with Gasteiger partial charge >= 0.3 is 0 Å². The summed E-state index contributed by atoms with van der Waals surface area (Å²) in [5.74, 6) is 0.883. The molecular weight excluding hydrogens is 336 g/mol. The summed E-state index contributed by atoms with van der Waals surface area (Å²) < 4.78 is 1.82. The van der Waals surface area contributed by atoms with Gasteiger partial charge in [-0.05, 0) is 29.2 Å². The Morgan fingerprint density at radius 2 is 1.78 bits per heavy atom. The van der Waals surface area contributed by atoms with Crippen LogP contribution >= 0.6 is 0 Å². The van der Waals surface area contributed by atoms with Gasteiger partial charge < -0.3 is 10.2 Å². The predicted octanol–water partition coefficient (Wildman–Crippen LogP) is 4.13. The van der Waals surface area contributed by atoms with Crippen LogP contribution in [0.15, 0.2) is 66.9 Å². The third kappa shape index (κ3) is 4.97. The van der Waals surface area contributed by atoms with Crippen LogP contribution in [0.3, 0.4) is 0 Å². The van der Waals surface area contributed by atoms with Crippen molar-refractivity contribution in [1.82, 2.24) is 9.78 Å². The molecule has 1 unspecified atom stereocenters. The number of hydrogen-bond donors (Lipinski definition) is 1. The van der Waals surface area contributed by atoms with Crippen molar-refractivity contribution in [2.24, 2.45) is 0 Å². The molecule has 27 heavy (non-hydrogen) atoms. The van der Waals surface area contributed by atoms with E-state index in [1.165, 1.54) is 5.56 Å². The molecule has 0 saturated heterocycles. The van der Waals surface area contributed by atoms with E-state index >= 15 is 0 Å². The molecule has 1 aromatic heterocycles. The lowest BCUT2D eigenvalue weighted by molar-refractivity contribution is -0.116. The molecule has 1 atom stereocenters. The van der Waals surface area contributed by atoms with E-state index in [0.29, 0.717) is 13.0 Å². The first kappa shape index (κ1) is 18.7. The second-order valence-electron chi connectivity index (χ2n) is 7.00. The highest BCUT2D eigenvalue weighted by Crippen LogP contribution is 2.20. The molecule has 3 rings (SSSR count). The first-order valence-corrected chi connectivity index (χ1v) is 9.16. The number of nitrogens with zero attached hydrogens (tertiary/aromatic N) is 3. The van der Waals surface area contributed by atoms with Crippen molar-refractivity contribution in [3.05, 3.63) is 78.0 Å². The molecule has 1 heterocycles. The monoisotopic (exact) mass is 362 g/mol. The maximum atomic E-state index is 12.5. The summed E-state index contributed by atoms with van der Waals surface area (Å²) in [7, 11) is 4.04. The lowest BCUT2D eigenvalue weighted by Gasteiger charge is -2.14. The molecule has 1 amide bonds. The fourth-order valence-electron chi connectivity index (χ4n) is 3.01. The molecule has 0 aliphatic rings. The number of rotatable bonds is 7. The van der Waals surface area contributed by atoms with Crippen molar-refractivity contribution in [3.8, 4) is 0 Å². The summed E-state index contributed by atoms with van der Waals surface area (Å²) in [6.45, 7) is 2.68. The normalized spacial score (nSPS) is 11.8. The second-order valence-corrected chi connectivity index (χ2v) is 7.00. The Morgan fingerprint density at radius 3 is 2.44 bits per heavy atom. The van der Waals surface area contributed by atoms with Crippen LogP contribution in [0.5, 0.6) is 0 Å². The SMILES string of the molecule is CC(CC(=O)Nc1ccnn1Cc1ccc(N(C)C)cc1)c1ccccc1. The number of carbonyl (C=O) groups is 1. The highest BCUT2D eigenvalue weighted by atomic mass is 16.1. The van der Waals surface area contributed by atoms with Crippen LogP contribution in [0.25, 0.3) is 0 Å². The van der Waals surface area contributed by atoms with Crippen molar-refractivity contribution >= 4 is 17.4 Å². The third-order valence-corrected chi connectivity index (χ3v) is 4.63. The van der Waals surface area contributed by atoms with E-state index in [2.05, 4.69) is 58.6 Å². The maximum Gasteiger partial charge on any atom is 0.226 e. The average Bonchev–Trinajstić information content (AvgIpc) is 3.09. The zero-order valence-corrected chi connectivity index (χ0v) is 16.1. The fourth-order valence-corrected chi connectivity index (χ4v) is 3.01. The van der Waals surface area contributed by atoms with Gasteiger partial charge in [-0.2, -0.15) is 5.10 Å². The summed E-state index contributed by atoms with van der Waals surface area (Å²) in [6, 6.07) is 20.3. The molecule has 0 saturated carbocycles. The number of amides is 1. The standard InChI is InChI=1S/C22H26N4O/c1-17(19-7-5-4-6-8-19)15-22(27)24-21-13-14-23-26(21)16-18-9-11-20(12-10-18)25(2)3/h4-14,17H,15-16H2,1-3H3,(H,24,27). The van der Waals surface area contributed by atoms with E-state index in [-0.39, 0.29) is 11.8 Å². The molecule has 5 heteroatoms. The molecular formula is C22H26N4O. The summed E-state index contributed by atoms with van der Waals surface area (Å²) >= 11 is 0. The quantitative estimate of drug-likeness (QED) is 0.687. The van der Waals surface area contributed by atoms with Gasteiger partial charge in [-0.1, -0.05) is 49.4 Å². The number of benzene rings is 2. The number of nitrogens with one attached hydrogen (secondary N) is 1. The number of aromatic nitrogens is 2. The Kier molecular flexibility index (Phi) is 5.91. The van der Waals surface area contributed by atoms with Crippen molar-refractivity contribution in [3.63, 3.8) is 0 Å². The average molecular weight is 362 g/mol. The number of hydrogen-bond acceptors (Lipinski definition) is 3. The minimum absolute atomic E-state index is 0.00365. The van der Waals surface area contributed by atoms with Crippen LogP contribution in [0.2, 0.25) is 0 Å². The van der Waals surface area contributed by atoms with Gasteiger partial charge in [-0.3, -0.25) is 4.79 Å². The molecule has 3 aromatic rings. The molecule has 0 spiro atoms. The van der Waals surface area contributed by atoms with Crippen LogP contribution in [-0.2, 0) is 11.3 Å². The Bertz CT molecular complexity index is 869. The number of anilines is 2. The highest BCUT2D eigenvalue weighted by molar-refractivity contribution is 5.90. The highest BCUT2D eigenvalue weighted by Gasteiger charge is 2.13. The minimum Gasteiger partial charge on any atom is -0.378 e. The minimum atomic E-state index is -0.00365. The maximum absolute atomic E-state index is 12.5. The Balaban J connectivity index is 1.62. The molecule has 0 bridgehead atoms. The van der Waals surface area contributed by atoms with Crippen molar-refractivity contribution in [2.75, 3.05) is 24.3 Å². The predicted molar refractivity (Wildman–Crippen MR) is 110 cm³/mol. The van der Waals surface area contributed by atoms with Crippen molar-refractivity contribution in [2.45, 2.75) is 25.8 Å². The van der Waals surface area contributed by atoms with Gasteiger partial charge in [0, 0.05) is 32.3 Å². The van der Waals surface area contributed by atoms with E-state index in [4.69, 9.17) is 0 Å². The molecule has 5 nitrogen and oxygen atoms in total. The lowest BCUT2D eigenvalue weighted by Crippen LogP contribution is -2.17. The first-order valence-electron chi connectivity index (χ1n) is 9.16. The van der Waals surface area contributed by atoms with Gasteiger partial charge in [0.2, 0.25) is 5.91 Å². The summed E-state index contributed by atoms with van der Waals surface area (Å²) in [4.78, 5) is 14.5. The molecule has 0 aliphatic carbocycles. The van der Waals surface area contributed by atoms with Crippen LogP contribution in [0.1, 0.15) is 30.4 Å². The lowest BCUT2D eigenvalue weighted by atomic mass is 9.98. The second kappa shape index (κ2) is 8.54. The zero-order chi connectivity index (χ0) is 19.2. The molecule has 0 fully saturated rings. The summed E-state index contributed by atoms with van der Waals surface area (Å²) in [5, 5.41) is 7.35. The molecule has 2 aromatic carbocycles. The van der Waals surface area contributed by atoms with Crippen LogP contribution < -0.4 is 10.2 Å². The van der Waals surface area contributed by atoms with Crippen molar-refractivity contribution < 1.29 is 4.79 Å². The van der Waals surface area contributed by atoms with Crippen LogP contribution in [0.4, 0.5) is 11.5 Å². The van der Waals surface area contributed by atoms with Crippen molar-refractivity contribution in [1.29, 1.82) is 0 Å². The van der Waals surface area contributed by atoms with Gasteiger partial charge in [0.05, 0.1) is 12.7 Å². The topological polar surface area (TPSA) is 50.2 Å². The Labute approximate surface area is 160 Å². The largest absolute Gasteiger partial charge is 0.378 e. The van der Waals surface area contributed by atoms with E-state index in [9.17, 15) is 4.79 Å². The van der Waals surface area contributed by atoms with E-state index < -0.39 is 0 Å². The van der Waals surface area contributed by atoms with Gasteiger partial charge in [0.25, 0.3) is 0 Å². The first-order chi connectivity index (χ1) is 13.0. The van der Waals surface area contributed by atoms with Gasteiger partial charge in [0.1, 0.15) is 5.82 Å². The summed E-state index contributed by atoms with van der Waals surface area (Å²) in [6.07, 6.45) is 2.15. The third-order valence-electron chi connectivity index (χ3n) is 4.63. The van der Waals surface area contributed by atoms with Crippen LogP contribution in [0, 0.1) is 0 Å². The molecule has 0 radical (unpaired) electrons. The van der Waals surface area contributed by atoms with E-state index in [1.807, 2.05) is 43.0 Å². The fraction of sp³-hybridized carbons (Fsp3) is 0.273.